The number of carbonyl (C=O) groups is 3. The Kier molecular flexibility index (Phi) is 5.89. The summed E-state index contributed by atoms with van der Waals surface area (Å²) in [6.07, 6.45) is -0.435. The third-order valence-electron chi connectivity index (χ3n) is 4.44. The van der Waals surface area contributed by atoms with Gasteiger partial charge in [0.25, 0.3) is 0 Å². The molecule has 0 N–H and O–H groups in total. The summed E-state index contributed by atoms with van der Waals surface area (Å²) >= 11 is 0. The minimum atomic E-state index is -0.503. The normalized spacial score (nSPS) is 10.6. The molecule has 0 fully saturated rings. The van der Waals surface area contributed by atoms with Crippen molar-refractivity contribution in [2.45, 2.75) is 26.9 Å². The van der Waals surface area contributed by atoms with Crippen molar-refractivity contribution >= 4 is 28.7 Å². The van der Waals surface area contributed by atoms with Gasteiger partial charge in [-0.1, -0.05) is 48.5 Å². The Balaban J connectivity index is 1.86. The number of hydrogen-bond donors (Lipinski definition) is 0. The van der Waals surface area contributed by atoms with E-state index in [2.05, 4.69) is 0 Å². The smallest absolute Gasteiger partial charge is 0.419 e. The van der Waals surface area contributed by atoms with Crippen molar-refractivity contribution < 1.29 is 23.9 Å². The fourth-order valence-corrected chi connectivity index (χ4v) is 3.11. The summed E-state index contributed by atoms with van der Waals surface area (Å²) in [4.78, 5) is 35.9. The minimum absolute atomic E-state index is 0.0680. The van der Waals surface area contributed by atoms with Crippen LogP contribution in [0.5, 0.6) is 0 Å². The van der Waals surface area contributed by atoms with E-state index in [1.54, 1.807) is 6.92 Å². The zero-order chi connectivity index (χ0) is 20.1. The summed E-state index contributed by atoms with van der Waals surface area (Å²) in [6, 6.07) is 16.8. The van der Waals surface area contributed by atoms with Crippen LogP contribution in [-0.4, -0.2) is 29.0 Å². The lowest BCUT2D eigenvalue weighted by Gasteiger charge is -2.09. The van der Waals surface area contributed by atoms with E-state index in [9.17, 15) is 14.4 Å². The van der Waals surface area contributed by atoms with E-state index in [0.29, 0.717) is 11.2 Å². The van der Waals surface area contributed by atoms with Crippen molar-refractivity contribution in [3.05, 3.63) is 71.4 Å². The van der Waals surface area contributed by atoms with Gasteiger partial charge in [-0.3, -0.25) is 9.59 Å². The molecule has 0 amide bonds. The molecule has 0 bridgehead atoms. The van der Waals surface area contributed by atoms with Crippen LogP contribution in [0.4, 0.5) is 4.79 Å². The van der Waals surface area contributed by atoms with Crippen LogP contribution in [0.15, 0.2) is 54.6 Å². The summed E-state index contributed by atoms with van der Waals surface area (Å²) in [5, 5.41) is 0.799. The van der Waals surface area contributed by atoms with Gasteiger partial charge in [0.1, 0.15) is 13.2 Å². The highest BCUT2D eigenvalue weighted by Crippen LogP contribution is 2.27. The molecule has 144 valence electrons. The van der Waals surface area contributed by atoms with Crippen LogP contribution in [0, 0.1) is 6.92 Å². The van der Waals surface area contributed by atoms with Crippen LogP contribution >= 0.6 is 0 Å². The SMILES string of the molecule is CC(=O)OCC(=O)Cc1c(C)n(C(=O)OCc2ccccc2)c2ccccc12. The van der Waals surface area contributed by atoms with Gasteiger partial charge in [0.15, 0.2) is 5.78 Å². The molecule has 1 aromatic heterocycles. The third-order valence-corrected chi connectivity index (χ3v) is 4.44. The van der Waals surface area contributed by atoms with Crippen LogP contribution in [0.25, 0.3) is 10.9 Å². The topological polar surface area (TPSA) is 74.6 Å². The zero-order valence-corrected chi connectivity index (χ0v) is 15.8. The number of rotatable bonds is 6. The quantitative estimate of drug-likeness (QED) is 0.609. The summed E-state index contributed by atoms with van der Waals surface area (Å²) in [6.45, 7) is 2.91. The van der Waals surface area contributed by atoms with E-state index >= 15 is 0 Å². The number of esters is 1. The van der Waals surface area contributed by atoms with Gasteiger partial charge in [-0.15, -0.1) is 0 Å². The second-order valence-electron chi connectivity index (χ2n) is 6.45. The minimum Gasteiger partial charge on any atom is -0.458 e. The highest BCUT2D eigenvalue weighted by atomic mass is 16.5. The average molecular weight is 379 g/mol. The molecular formula is C22H21NO5. The molecule has 0 saturated carbocycles. The van der Waals surface area contributed by atoms with Crippen molar-refractivity contribution in [1.29, 1.82) is 0 Å². The predicted octanol–water partition coefficient (Wildman–Crippen LogP) is 3.81. The van der Waals surface area contributed by atoms with Crippen LogP contribution in [0.1, 0.15) is 23.7 Å². The van der Waals surface area contributed by atoms with Gasteiger partial charge >= 0.3 is 12.1 Å². The van der Waals surface area contributed by atoms with E-state index in [-0.39, 0.29) is 25.4 Å². The molecule has 6 nitrogen and oxygen atoms in total. The van der Waals surface area contributed by atoms with Crippen molar-refractivity contribution in [2.75, 3.05) is 6.61 Å². The molecule has 3 rings (SSSR count). The Morgan fingerprint density at radius 3 is 2.32 bits per heavy atom. The molecule has 0 radical (unpaired) electrons. The summed E-state index contributed by atoms with van der Waals surface area (Å²) in [5.41, 5.74) is 2.93. The fourth-order valence-electron chi connectivity index (χ4n) is 3.11. The number of hydrogen-bond acceptors (Lipinski definition) is 5. The van der Waals surface area contributed by atoms with E-state index in [4.69, 9.17) is 9.47 Å². The molecule has 6 heteroatoms. The second-order valence-corrected chi connectivity index (χ2v) is 6.45. The Hall–Kier alpha value is -3.41. The van der Waals surface area contributed by atoms with E-state index in [0.717, 1.165) is 16.5 Å². The lowest BCUT2D eigenvalue weighted by molar-refractivity contribution is -0.145. The standard InChI is InChI=1S/C22H21NO5/c1-15-20(12-18(25)14-27-16(2)24)19-10-6-7-11-21(19)23(15)22(26)28-13-17-8-4-3-5-9-17/h3-11H,12-14H2,1-2H3. The van der Waals surface area contributed by atoms with E-state index < -0.39 is 12.1 Å². The van der Waals surface area contributed by atoms with Gasteiger partial charge < -0.3 is 9.47 Å². The maximum atomic E-state index is 12.8. The lowest BCUT2D eigenvalue weighted by Crippen LogP contribution is -2.17. The Labute approximate surface area is 162 Å². The molecule has 3 aromatic rings. The van der Waals surface area contributed by atoms with Crippen molar-refractivity contribution in [3.63, 3.8) is 0 Å². The summed E-state index contributed by atoms with van der Waals surface area (Å²) in [5.74, 6) is -0.740. The number of carbonyl (C=O) groups excluding carboxylic acids is 3. The molecule has 0 aliphatic rings. The number of benzene rings is 2. The maximum Gasteiger partial charge on any atom is 0.419 e. The van der Waals surface area contributed by atoms with Gasteiger partial charge in [0.2, 0.25) is 0 Å². The number of aromatic nitrogens is 1. The van der Waals surface area contributed by atoms with Gasteiger partial charge in [-0.25, -0.2) is 9.36 Å². The Bertz CT molecular complexity index is 1020. The largest absolute Gasteiger partial charge is 0.458 e. The first kappa shape index (κ1) is 19.4. The molecule has 0 atom stereocenters. The first-order valence-electron chi connectivity index (χ1n) is 8.92. The van der Waals surface area contributed by atoms with E-state index in [1.165, 1.54) is 11.5 Å². The fraction of sp³-hybridized carbons (Fsp3) is 0.227. The Morgan fingerprint density at radius 2 is 1.61 bits per heavy atom. The van der Waals surface area contributed by atoms with Crippen molar-refractivity contribution in [2.24, 2.45) is 0 Å². The van der Waals surface area contributed by atoms with Crippen LogP contribution in [-0.2, 0) is 32.1 Å². The highest BCUT2D eigenvalue weighted by Gasteiger charge is 2.21. The van der Waals surface area contributed by atoms with Gasteiger partial charge in [0, 0.05) is 24.4 Å². The van der Waals surface area contributed by atoms with Crippen molar-refractivity contribution in [3.8, 4) is 0 Å². The summed E-state index contributed by atoms with van der Waals surface area (Å²) < 4.78 is 11.7. The number of Topliss-reactive ketones (excluding diaryl/α,β-unsaturated/α-hetero) is 1. The third kappa shape index (κ3) is 4.28. The van der Waals surface area contributed by atoms with E-state index in [1.807, 2.05) is 54.6 Å². The molecule has 28 heavy (non-hydrogen) atoms. The number of nitrogens with zero attached hydrogens (tertiary/aromatic N) is 1. The van der Waals surface area contributed by atoms with Gasteiger partial charge in [-0.2, -0.15) is 0 Å². The molecule has 0 aliphatic heterocycles. The predicted molar refractivity (Wildman–Crippen MR) is 104 cm³/mol. The highest BCUT2D eigenvalue weighted by molar-refractivity contribution is 5.97. The number of ether oxygens (including phenoxy) is 2. The first-order valence-corrected chi connectivity index (χ1v) is 8.92. The van der Waals surface area contributed by atoms with Gasteiger partial charge in [-0.05, 0) is 24.1 Å². The Morgan fingerprint density at radius 1 is 0.929 bits per heavy atom. The molecule has 0 aliphatic carbocycles. The molecule has 0 spiro atoms. The average Bonchev–Trinajstić information content (AvgIpc) is 2.97. The molecular weight excluding hydrogens is 358 g/mol. The van der Waals surface area contributed by atoms with Gasteiger partial charge in [0.05, 0.1) is 5.52 Å². The molecule has 2 aromatic carbocycles. The van der Waals surface area contributed by atoms with Crippen LogP contribution in [0.3, 0.4) is 0 Å². The number of fused-ring (bicyclic) bond motifs is 1. The van der Waals surface area contributed by atoms with Crippen LogP contribution < -0.4 is 0 Å². The number of para-hydroxylation sites is 1. The zero-order valence-electron chi connectivity index (χ0n) is 15.8. The van der Waals surface area contributed by atoms with Crippen molar-refractivity contribution in [1.82, 2.24) is 4.57 Å². The van der Waals surface area contributed by atoms with Crippen LogP contribution in [0.2, 0.25) is 0 Å². The second kappa shape index (κ2) is 8.52. The summed E-state index contributed by atoms with van der Waals surface area (Å²) in [7, 11) is 0. The first-order chi connectivity index (χ1) is 13.5. The molecule has 0 unspecified atom stereocenters. The monoisotopic (exact) mass is 379 g/mol. The molecule has 0 saturated heterocycles. The molecule has 1 heterocycles. The number of ketones is 1. The lowest BCUT2D eigenvalue weighted by atomic mass is 10.1. The maximum absolute atomic E-state index is 12.8.